The van der Waals surface area contributed by atoms with Gasteiger partial charge in [-0.15, -0.1) is 11.3 Å². The Balaban J connectivity index is 1.36. The second-order valence-corrected chi connectivity index (χ2v) is 12.5. The zero-order chi connectivity index (χ0) is 34.4. The minimum absolute atomic E-state index is 0.0160. The zero-order valence-electron chi connectivity index (χ0n) is 25.6. The number of piperidine rings is 1. The Morgan fingerprint density at radius 2 is 1.90 bits per heavy atom. The predicted octanol–water partition coefficient (Wildman–Crippen LogP) is 5.22. The summed E-state index contributed by atoms with van der Waals surface area (Å²) in [7, 11) is 0. The molecule has 3 heterocycles. The molecule has 1 aromatic heterocycles. The van der Waals surface area contributed by atoms with E-state index in [2.05, 4.69) is 27.2 Å². The number of β-amino-alcohol motifs (C(OH)–C–C–N with tert-alkyl or cyclic N) is 1. The van der Waals surface area contributed by atoms with E-state index in [1.807, 2.05) is 0 Å². The maximum absolute atomic E-state index is 15.1. The topological polar surface area (TPSA) is 89.5 Å². The molecule has 3 aromatic rings. The number of aliphatic hydroxyl groups excluding tert-OH is 2. The van der Waals surface area contributed by atoms with Crippen molar-refractivity contribution in [3.63, 3.8) is 0 Å². The van der Waals surface area contributed by atoms with Crippen LogP contribution in [0, 0.1) is 17.7 Å². The summed E-state index contributed by atoms with van der Waals surface area (Å²) in [6.45, 7) is -1.86. The van der Waals surface area contributed by atoms with Gasteiger partial charge in [0.2, 0.25) is 0 Å². The molecular weight excluding hydrogens is 669 g/mol. The molecule has 0 radical (unpaired) electrons. The van der Waals surface area contributed by atoms with E-state index in [1.165, 1.54) is 0 Å². The monoisotopic (exact) mass is 704 g/mol. The zero-order valence-corrected chi connectivity index (χ0v) is 26.5. The van der Waals surface area contributed by atoms with Crippen LogP contribution in [0.15, 0.2) is 30.3 Å². The van der Waals surface area contributed by atoms with E-state index in [4.69, 9.17) is 9.84 Å². The maximum atomic E-state index is 15.1. The molecule has 2 saturated heterocycles. The number of fused-ring (bicyclic) bond motifs is 1. The van der Waals surface area contributed by atoms with Crippen molar-refractivity contribution < 1.29 is 50.4 Å². The first-order valence-corrected chi connectivity index (χ1v) is 16.1. The molecule has 2 fully saturated rings. The van der Waals surface area contributed by atoms with Gasteiger partial charge in [-0.25, -0.2) is 8.78 Å². The van der Waals surface area contributed by atoms with Crippen LogP contribution in [0.3, 0.4) is 0 Å². The number of nitrogens with zero attached hydrogens (tertiary/aromatic N) is 2. The minimum Gasteiger partial charge on any atom is -0.433 e. The van der Waals surface area contributed by atoms with Crippen molar-refractivity contribution in [2.45, 2.75) is 43.9 Å². The fourth-order valence-electron chi connectivity index (χ4n) is 5.80. The number of aliphatic hydroxyl groups is 2. The molecule has 8 nitrogen and oxygen atoms in total. The highest BCUT2D eigenvalue weighted by Gasteiger charge is 2.33. The van der Waals surface area contributed by atoms with E-state index in [0.29, 0.717) is 55.0 Å². The number of nitrogens with one attached hydrogen (secondary N) is 2. The van der Waals surface area contributed by atoms with Gasteiger partial charge >= 0.3 is 12.8 Å². The molecule has 0 saturated carbocycles. The smallest absolute Gasteiger partial charge is 0.393 e. The van der Waals surface area contributed by atoms with E-state index in [0.717, 1.165) is 23.5 Å². The Morgan fingerprint density at radius 1 is 1.12 bits per heavy atom. The van der Waals surface area contributed by atoms with Crippen LogP contribution >= 0.6 is 11.3 Å². The van der Waals surface area contributed by atoms with Crippen molar-refractivity contribution in [1.29, 1.82) is 0 Å². The van der Waals surface area contributed by atoms with Crippen molar-refractivity contribution in [1.82, 2.24) is 4.90 Å². The van der Waals surface area contributed by atoms with E-state index in [1.54, 1.807) is 28.0 Å². The first kappa shape index (κ1) is 35.8. The number of anilines is 3. The molecule has 0 aliphatic carbocycles. The average molecular weight is 705 g/mol. The van der Waals surface area contributed by atoms with Crippen molar-refractivity contribution in [2.75, 3.05) is 74.6 Å². The number of halogens is 7. The number of benzene rings is 2. The standard InChI is InChI=1S/C32H35F7N4O4S/c33-22-13-26(28(47-31(35)36)14-27(22)43-9-11-46-12-10-43)40-7-2-5-29-21(15-32(37,38)39)20-3-1-4-25(30(20)48-29)41-24-6-8-42(17-23(24)34)16-19(45)18-44/h1,3-4,13-14,19,23-24,31,40-41,44-45H,6-12,15-18H2. The molecule has 262 valence electrons. The highest BCUT2D eigenvalue weighted by molar-refractivity contribution is 7.20. The van der Waals surface area contributed by atoms with Crippen LogP contribution in [0.1, 0.15) is 16.9 Å². The van der Waals surface area contributed by atoms with Crippen molar-refractivity contribution in [2.24, 2.45) is 0 Å². The number of ether oxygens (including phenoxy) is 2. The minimum atomic E-state index is -4.55. The highest BCUT2D eigenvalue weighted by Crippen LogP contribution is 2.40. The third-order valence-electron chi connectivity index (χ3n) is 8.03. The normalized spacial score (nSPS) is 19.7. The van der Waals surface area contributed by atoms with Crippen LogP contribution in [0.5, 0.6) is 5.75 Å². The van der Waals surface area contributed by atoms with Gasteiger partial charge in [-0.2, -0.15) is 22.0 Å². The van der Waals surface area contributed by atoms with E-state index >= 15 is 8.78 Å². The first-order valence-electron chi connectivity index (χ1n) is 15.3. The van der Waals surface area contributed by atoms with Crippen LogP contribution in [0.25, 0.3) is 10.1 Å². The Bertz CT molecular complexity index is 1610. The van der Waals surface area contributed by atoms with Gasteiger partial charge in [0.25, 0.3) is 0 Å². The lowest BCUT2D eigenvalue weighted by Gasteiger charge is -2.36. The van der Waals surface area contributed by atoms with Crippen molar-refractivity contribution in [3.8, 4) is 17.6 Å². The Kier molecular flexibility index (Phi) is 11.8. The molecule has 0 amide bonds. The molecule has 0 bridgehead atoms. The van der Waals surface area contributed by atoms with Crippen LogP contribution < -0.4 is 20.3 Å². The first-order chi connectivity index (χ1) is 22.9. The van der Waals surface area contributed by atoms with Crippen LogP contribution in [0.4, 0.5) is 47.8 Å². The fourth-order valence-corrected chi connectivity index (χ4v) is 6.97. The summed E-state index contributed by atoms with van der Waals surface area (Å²) < 4.78 is 108. The molecule has 2 aliphatic heterocycles. The number of thiophene rings is 1. The quantitative estimate of drug-likeness (QED) is 0.160. The Morgan fingerprint density at radius 3 is 2.58 bits per heavy atom. The van der Waals surface area contributed by atoms with E-state index < -0.39 is 50.0 Å². The Labute approximate surface area is 276 Å². The van der Waals surface area contributed by atoms with Crippen LogP contribution in [0.2, 0.25) is 0 Å². The van der Waals surface area contributed by atoms with Gasteiger partial charge in [0.15, 0.2) is 5.75 Å². The second kappa shape index (κ2) is 15.8. The molecule has 3 atom stereocenters. The van der Waals surface area contributed by atoms with Gasteiger partial charge in [-0.1, -0.05) is 24.0 Å². The number of likely N-dealkylation sites (tertiary alicyclic amines) is 1. The van der Waals surface area contributed by atoms with Crippen LogP contribution in [-0.2, 0) is 11.2 Å². The average Bonchev–Trinajstić information content (AvgIpc) is 3.38. The molecule has 16 heteroatoms. The summed E-state index contributed by atoms with van der Waals surface area (Å²) in [5, 5.41) is 25.0. The van der Waals surface area contributed by atoms with Gasteiger partial charge in [0.05, 0.1) is 71.6 Å². The molecule has 48 heavy (non-hydrogen) atoms. The van der Waals surface area contributed by atoms with Crippen LogP contribution in [-0.4, -0.2) is 105 Å². The summed E-state index contributed by atoms with van der Waals surface area (Å²) in [4.78, 5) is 3.48. The fraction of sp³-hybridized carbons (Fsp3) is 0.500. The summed E-state index contributed by atoms with van der Waals surface area (Å²) in [5.74, 6) is 4.47. The van der Waals surface area contributed by atoms with Gasteiger partial charge in [-0.3, -0.25) is 4.90 Å². The lowest BCUT2D eigenvalue weighted by molar-refractivity contribution is -0.127. The largest absolute Gasteiger partial charge is 0.433 e. The number of morpholine rings is 1. The highest BCUT2D eigenvalue weighted by atomic mass is 32.1. The summed E-state index contributed by atoms with van der Waals surface area (Å²) in [5.41, 5.74) is 0.372. The van der Waals surface area contributed by atoms with E-state index in [-0.39, 0.29) is 47.2 Å². The van der Waals surface area contributed by atoms with Gasteiger partial charge in [0.1, 0.15) is 12.0 Å². The molecule has 2 aliphatic rings. The Hall–Kier alpha value is -3.49. The lowest BCUT2D eigenvalue weighted by Crippen LogP contribution is -2.50. The summed E-state index contributed by atoms with van der Waals surface area (Å²) in [6, 6.07) is 6.31. The predicted molar refractivity (Wildman–Crippen MR) is 169 cm³/mol. The lowest BCUT2D eigenvalue weighted by atomic mass is 10.0. The van der Waals surface area contributed by atoms with E-state index in [9.17, 15) is 27.1 Å². The molecule has 4 N–H and O–H groups in total. The van der Waals surface area contributed by atoms with Gasteiger partial charge in [-0.05, 0) is 23.4 Å². The number of alkyl halides is 6. The third-order valence-corrected chi connectivity index (χ3v) is 9.22. The van der Waals surface area contributed by atoms with Gasteiger partial charge in [0, 0.05) is 44.9 Å². The summed E-state index contributed by atoms with van der Waals surface area (Å²) >= 11 is 1.01. The molecule has 0 spiro atoms. The van der Waals surface area contributed by atoms with Gasteiger partial charge < -0.3 is 35.2 Å². The third kappa shape index (κ3) is 9.14. The number of hydrogen-bond donors (Lipinski definition) is 4. The molecule has 5 rings (SSSR count). The van der Waals surface area contributed by atoms with Crippen molar-refractivity contribution in [3.05, 3.63) is 46.6 Å². The van der Waals surface area contributed by atoms with Crippen molar-refractivity contribution >= 4 is 38.5 Å². The number of rotatable bonds is 11. The molecular formula is C32H35F7N4O4S. The maximum Gasteiger partial charge on any atom is 0.393 e. The molecule has 2 aromatic carbocycles. The molecule has 3 unspecified atom stereocenters. The SMILES string of the molecule is OCC(O)CN1CCC(Nc2cccc3c(CC(F)(F)F)c(C#CCNc4cc(F)c(N5CCOCC5)cc4OC(F)F)sc23)C(F)C1. The number of hydrogen-bond acceptors (Lipinski definition) is 9. The second-order valence-electron chi connectivity index (χ2n) is 11.5. The summed E-state index contributed by atoms with van der Waals surface area (Å²) in [6.07, 6.45) is -7.78.